The number of carbonyl (C=O) groups excluding carboxylic acids is 1. The zero-order chi connectivity index (χ0) is 23.1. The minimum absolute atomic E-state index is 0.00860. The van der Waals surface area contributed by atoms with Gasteiger partial charge in [-0.05, 0) is 36.3 Å². The summed E-state index contributed by atoms with van der Waals surface area (Å²) in [6.07, 6.45) is 4.41. The van der Waals surface area contributed by atoms with E-state index >= 15 is 0 Å². The molecular weight excluding hydrogens is 420 g/mol. The van der Waals surface area contributed by atoms with Crippen molar-refractivity contribution in [1.29, 1.82) is 0 Å². The number of aromatic carboxylic acids is 1. The second-order valence-corrected chi connectivity index (χ2v) is 8.05. The summed E-state index contributed by atoms with van der Waals surface area (Å²) >= 11 is 0. The van der Waals surface area contributed by atoms with Crippen molar-refractivity contribution in [2.24, 2.45) is 17.6 Å². The molecule has 4 rings (SSSR count). The molecule has 1 saturated heterocycles. The Balaban J connectivity index is 0.000000305. The Morgan fingerprint density at radius 2 is 1.91 bits per heavy atom. The van der Waals surface area contributed by atoms with E-state index in [4.69, 9.17) is 15.2 Å². The third kappa shape index (κ3) is 6.33. The Kier molecular flexibility index (Phi) is 7.87. The monoisotopic (exact) mass is 448 g/mol. The molecule has 1 aliphatic carbocycles. The van der Waals surface area contributed by atoms with Gasteiger partial charge in [0.15, 0.2) is 0 Å². The summed E-state index contributed by atoms with van der Waals surface area (Å²) in [5.74, 6) is 0.0137. The van der Waals surface area contributed by atoms with E-state index in [1.54, 1.807) is 0 Å². The molecule has 1 aliphatic heterocycles. The number of H-pyrrole nitrogens is 1. The minimum atomic E-state index is -1.06. The number of primary amides is 1. The highest BCUT2D eigenvalue weighted by atomic mass is 16.5. The largest absolute Gasteiger partial charge is 0.477 e. The summed E-state index contributed by atoms with van der Waals surface area (Å²) in [7, 11) is 0. The van der Waals surface area contributed by atoms with Crippen LogP contribution < -0.4 is 15.4 Å². The van der Waals surface area contributed by atoms with Crippen LogP contribution in [0.4, 0.5) is 5.95 Å². The molecule has 0 spiro atoms. The number of aromatic amines is 1. The molecule has 0 aromatic carbocycles. The molecule has 2 unspecified atom stereocenters. The average molecular weight is 448 g/mol. The molecule has 0 bridgehead atoms. The number of ether oxygens (including phenoxy) is 2. The van der Waals surface area contributed by atoms with Crippen molar-refractivity contribution in [3.8, 4) is 5.88 Å². The number of carbonyl (C=O) groups is 2. The molecule has 2 atom stereocenters. The number of carboxylic acids is 1. The topological polar surface area (TPSA) is 182 Å². The molecule has 2 fully saturated rings. The highest BCUT2D eigenvalue weighted by Gasteiger charge is 2.28. The number of morpholine rings is 1. The minimum Gasteiger partial charge on any atom is -0.477 e. The molecule has 2 aromatic rings. The van der Waals surface area contributed by atoms with Crippen LogP contribution in [0.3, 0.4) is 0 Å². The van der Waals surface area contributed by atoms with Crippen LogP contribution >= 0.6 is 0 Å². The van der Waals surface area contributed by atoms with Crippen LogP contribution in [0.15, 0.2) is 6.20 Å². The molecule has 4 N–H and O–H groups in total. The fraction of sp³-hybridized carbons (Fsp3) is 0.632. The predicted molar refractivity (Wildman–Crippen MR) is 111 cm³/mol. The summed E-state index contributed by atoms with van der Waals surface area (Å²) in [6.45, 7) is 7.06. The third-order valence-electron chi connectivity index (χ3n) is 5.24. The van der Waals surface area contributed by atoms with E-state index in [-0.39, 0.29) is 23.4 Å². The first-order chi connectivity index (χ1) is 15.3. The molecule has 1 amide bonds. The highest BCUT2D eigenvalue weighted by molar-refractivity contribution is 5.90. The smallest absolute Gasteiger partial charge is 0.342 e. The van der Waals surface area contributed by atoms with E-state index in [1.165, 1.54) is 12.6 Å². The Morgan fingerprint density at radius 1 is 1.22 bits per heavy atom. The van der Waals surface area contributed by atoms with Crippen LogP contribution in [-0.2, 0) is 4.74 Å². The SMILES string of the molecule is CC1CC(C)CC(Oc2nc(N3CCOCC3)ncc2C(=O)O)C1.NC(=O)c1nn[nH]n1. The van der Waals surface area contributed by atoms with Gasteiger partial charge in [-0.15, -0.1) is 10.2 Å². The van der Waals surface area contributed by atoms with Crippen LogP contribution in [-0.4, -0.2) is 80.0 Å². The van der Waals surface area contributed by atoms with Gasteiger partial charge in [-0.2, -0.15) is 10.2 Å². The quantitative estimate of drug-likeness (QED) is 0.579. The van der Waals surface area contributed by atoms with E-state index in [2.05, 4.69) is 44.4 Å². The van der Waals surface area contributed by atoms with Gasteiger partial charge in [0.1, 0.15) is 11.7 Å². The fourth-order valence-electron chi connectivity index (χ4n) is 3.90. The third-order valence-corrected chi connectivity index (χ3v) is 5.24. The van der Waals surface area contributed by atoms with E-state index < -0.39 is 11.9 Å². The van der Waals surface area contributed by atoms with Crippen LogP contribution in [0.2, 0.25) is 0 Å². The summed E-state index contributed by atoms with van der Waals surface area (Å²) < 4.78 is 11.4. The first-order valence-electron chi connectivity index (χ1n) is 10.5. The van der Waals surface area contributed by atoms with Gasteiger partial charge in [-0.3, -0.25) is 4.79 Å². The zero-order valence-corrected chi connectivity index (χ0v) is 18.1. The molecular formula is C19H28N8O5. The summed E-state index contributed by atoms with van der Waals surface area (Å²) in [6, 6.07) is 0. The predicted octanol–water partition coefficient (Wildman–Crippen LogP) is 0.514. The van der Waals surface area contributed by atoms with Gasteiger partial charge in [0.2, 0.25) is 11.8 Å². The number of aromatic nitrogens is 6. The first-order valence-corrected chi connectivity index (χ1v) is 10.5. The molecule has 3 heterocycles. The van der Waals surface area contributed by atoms with Crippen LogP contribution in [0.5, 0.6) is 5.88 Å². The zero-order valence-electron chi connectivity index (χ0n) is 18.1. The highest BCUT2D eigenvalue weighted by Crippen LogP contribution is 2.32. The Hall–Kier alpha value is -3.35. The maximum Gasteiger partial charge on any atom is 0.342 e. The molecule has 2 aliphatic rings. The maximum atomic E-state index is 11.5. The van der Waals surface area contributed by atoms with Crippen molar-refractivity contribution in [2.75, 3.05) is 31.2 Å². The standard InChI is InChI=1S/C17H25N3O4.C2H3N5O/c1-11-7-12(2)9-13(8-11)24-15-14(16(21)22)10-18-17(19-15)20-3-5-23-6-4-20;3-1(8)2-4-6-7-5-2/h10-13H,3-9H2,1-2H3,(H,21,22);(H2,3,8)(H,4,5,6,7). The van der Waals surface area contributed by atoms with E-state index in [0.717, 1.165) is 12.8 Å². The van der Waals surface area contributed by atoms with Gasteiger partial charge < -0.3 is 25.2 Å². The Bertz CT molecular complexity index is 893. The van der Waals surface area contributed by atoms with Crippen molar-refractivity contribution >= 4 is 17.8 Å². The second kappa shape index (κ2) is 10.8. The second-order valence-electron chi connectivity index (χ2n) is 8.05. The first kappa shape index (κ1) is 23.3. The summed E-state index contributed by atoms with van der Waals surface area (Å²) in [4.78, 5) is 32.2. The number of nitrogens with one attached hydrogen (secondary N) is 1. The number of hydrogen-bond acceptors (Lipinski definition) is 10. The van der Waals surface area contributed by atoms with Crippen LogP contribution in [0, 0.1) is 11.8 Å². The van der Waals surface area contributed by atoms with Gasteiger partial charge in [0.05, 0.1) is 19.4 Å². The normalized spacial score (nSPS) is 23.1. The van der Waals surface area contributed by atoms with E-state index in [1.807, 2.05) is 4.90 Å². The van der Waals surface area contributed by atoms with Gasteiger partial charge >= 0.3 is 5.97 Å². The van der Waals surface area contributed by atoms with E-state index in [0.29, 0.717) is 44.1 Å². The number of rotatable bonds is 5. The van der Waals surface area contributed by atoms with Crippen molar-refractivity contribution < 1.29 is 24.2 Å². The number of amides is 1. The fourth-order valence-corrected chi connectivity index (χ4v) is 3.90. The lowest BCUT2D eigenvalue weighted by Crippen LogP contribution is -2.37. The lowest BCUT2D eigenvalue weighted by atomic mass is 9.82. The molecule has 1 saturated carbocycles. The Morgan fingerprint density at radius 3 is 2.44 bits per heavy atom. The molecule has 13 heteroatoms. The number of carboxylic acid groups (broad SMARTS) is 1. The summed E-state index contributed by atoms with van der Waals surface area (Å²) in [5, 5.41) is 21.2. The van der Waals surface area contributed by atoms with Crippen molar-refractivity contribution in [3.63, 3.8) is 0 Å². The van der Waals surface area contributed by atoms with Gasteiger partial charge in [0, 0.05) is 13.1 Å². The van der Waals surface area contributed by atoms with Crippen molar-refractivity contribution in [3.05, 3.63) is 17.6 Å². The molecule has 2 aromatic heterocycles. The molecule has 0 radical (unpaired) electrons. The van der Waals surface area contributed by atoms with Crippen molar-refractivity contribution in [2.45, 2.75) is 39.2 Å². The maximum absolute atomic E-state index is 11.5. The molecule has 174 valence electrons. The lowest BCUT2D eigenvalue weighted by Gasteiger charge is -2.32. The Labute approximate surface area is 184 Å². The van der Waals surface area contributed by atoms with Crippen molar-refractivity contribution in [1.82, 2.24) is 30.6 Å². The van der Waals surface area contributed by atoms with Gasteiger partial charge in [-0.1, -0.05) is 13.8 Å². The number of nitrogens with two attached hydrogens (primary N) is 1. The van der Waals surface area contributed by atoms with Crippen LogP contribution in [0.1, 0.15) is 54.1 Å². The molecule has 32 heavy (non-hydrogen) atoms. The van der Waals surface area contributed by atoms with Gasteiger partial charge in [0.25, 0.3) is 11.7 Å². The average Bonchev–Trinajstić information content (AvgIpc) is 3.29. The lowest BCUT2D eigenvalue weighted by molar-refractivity contribution is 0.0668. The molecule has 13 nitrogen and oxygen atoms in total. The summed E-state index contributed by atoms with van der Waals surface area (Å²) in [5.41, 5.74) is 4.76. The van der Waals surface area contributed by atoms with E-state index in [9.17, 15) is 14.7 Å². The van der Waals surface area contributed by atoms with Gasteiger partial charge in [-0.25, -0.2) is 9.78 Å². The number of nitrogens with zero attached hydrogens (tertiary/aromatic N) is 6. The number of tetrazole rings is 1. The number of hydrogen-bond donors (Lipinski definition) is 3. The van der Waals surface area contributed by atoms with Crippen LogP contribution in [0.25, 0.3) is 0 Å². The number of anilines is 1.